The van der Waals surface area contributed by atoms with Crippen LogP contribution in [0.15, 0.2) is 0 Å². The summed E-state index contributed by atoms with van der Waals surface area (Å²) in [5.74, 6) is -0.751. The third-order valence-corrected chi connectivity index (χ3v) is 17.8. The zero-order valence-corrected chi connectivity index (χ0v) is 19.6. The Bertz CT molecular complexity index is 840. The van der Waals surface area contributed by atoms with Crippen LogP contribution >= 0.6 is 0 Å². The second kappa shape index (κ2) is 7.32. The summed E-state index contributed by atoms with van der Waals surface area (Å²) < 4.78 is 132. The van der Waals surface area contributed by atoms with Crippen molar-refractivity contribution < 1.29 is 47.9 Å². The van der Waals surface area contributed by atoms with E-state index in [0.717, 1.165) is 13.1 Å². The normalized spacial score (nSPS) is 30.3. The Hall–Kier alpha value is -0.383. The number of halogens is 6. The molecule has 15 heteroatoms. The molecule has 3 aliphatic carbocycles. The molecule has 0 aromatic rings. The van der Waals surface area contributed by atoms with Crippen LogP contribution in [-0.4, -0.2) is 53.2 Å². The topological polar surface area (TPSA) is 80.8 Å². The maximum Gasteiger partial charge on any atom is 0.512 e. The number of ether oxygens (including phenoxy) is 1. The van der Waals surface area contributed by atoms with E-state index in [1.54, 1.807) is 0 Å². The molecule has 3 aliphatic rings. The van der Waals surface area contributed by atoms with Crippen molar-refractivity contribution in [2.45, 2.75) is 56.3 Å². The van der Waals surface area contributed by atoms with Gasteiger partial charge in [-0.3, -0.25) is 0 Å². The van der Waals surface area contributed by atoms with Gasteiger partial charge in [-0.05, 0) is 41.6 Å². The molecule has 0 aliphatic heterocycles. The molecule has 0 aromatic heterocycles. The summed E-state index contributed by atoms with van der Waals surface area (Å²) in [6.07, 6.45) is 0.814. The van der Waals surface area contributed by atoms with Crippen LogP contribution in [-0.2, 0) is 24.8 Å². The monoisotopic (exact) mass is 505 g/mol. The van der Waals surface area contributed by atoms with Crippen molar-refractivity contribution in [1.29, 1.82) is 0 Å². The molecule has 30 heavy (non-hydrogen) atoms. The number of methoxy groups -OCH3 is 1. The zero-order valence-electron chi connectivity index (χ0n) is 17.0. The second-order valence-electron chi connectivity index (χ2n) is 9.07. The molecule has 0 N–H and O–H groups in total. The maximum atomic E-state index is 13.3. The maximum absolute atomic E-state index is 13.3. The highest BCUT2D eigenvalue weighted by Gasteiger charge is 2.70. The molecule has 3 fully saturated rings. The van der Waals surface area contributed by atoms with Gasteiger partial charge in [0.1, 0.15) is 0 Å². The van der Waals surface area contributed by atoms with E-state index >= 15 is 0 Å². The second-order valence-corrected chi connectivity index (χ2v) is 18.0. The minimum Gasteiger partial charge on any atom is -0.384 e. The van der Waals surface area contributed by atoms with Crippen molar-refractivity contribution in [2.75, 3.05) is 13.7 Å². The van der Waals surface area contributed by atoms with Crippen molar-refractivity contribution in [3.05, 3.63) is 0 Å². The fraction of sp³-hybridized carbons (Fsp3) is 1.00. The van der Waals surface area contributed by atoms with E-state index in [1.807, 2.05) is 13.8 Å². The number of hydrogen-bond donors (Lipinski definition) is 0. The van der Waals surface area contributed by atoms with Crippen LogP contribution in [0.1, 0.15) is 26.7 Å². The Kier molecular flexibility index (Phi) is 6.31. The summed E-state index contributed by atoms with van der Waals surface area (Å²) in [5.41, 5.74) is -13.6. The lowest BCUT2D eigenvalue weighted by Crippen LogP contribution is -2.67. The largest absolute Gasteiger partial charge is 0.512 e. The molecular formula is C15H25F6NO5S2Si. The molecule has 0 heterocycles. The van der Waals surface area contributed by atoms with Gasteiger partial charge in [0.05, 0.1) is 0 Å². The third-order valence-electron chi connectivity index (χ3n) is 6.88. The lowest BCUT2D eigenvalue weighted by Gasteiger charge is -2.65. The minimum atomic E-state index is -6.81. The first-order valence-electron chi connectivity index (χ1n) is 9.07. The Morgan fingerprint density at radius 3 is 1.73 bits per heavy atom. The molecule has 6 nitrogen and oxygen atoms in total. The Morgan fingerprint density at radius 2 is 1.40 bits per heavy atom. The average molecular weight is 506 g/mol. The molecule has 0 radical (unpaired) electrons. The van der Waals surface area contributed by atoms with Crippen LogP contribution in [0.4, 0.5) is 26.3 Å². The van der Waals surface area contributed by atoms with Gasteiger partial charge < -0.3 is 4.74 Å². The zero-order chi connectivity index (χ0) is 23.7. The van der Waals surface area contributed by atoms with E-state index in [9.17, 15) is 43.2 Å². The van der Waals surface area contributed by atoms with Gasteiger partial charge in [0, 0.05) is 13.7 Å². The van der Waals surface area contributed by atoms with Gasteiger partial charge in [0.25, 0.3) is 0 Å². The molecule has 178 valence electrons. The Morgan fingerprint density at radius 1 is 0.967 bits per heavy atom. The van der Waals surface area contributed by atoms with E-state index in [1.165, 1.54) is 7.11 Å². The number of rotatable bonds is 6. The van der Waals surface area contributed by atoms with Crippen molar-refractivity contribution in [3.8, 4) is 0 Å². The highest BCUT2D eigenvalue weighted by atomic mass is 32.3. The van der Waals surface area contributed by atoms with Gasteiger partial charge in [-0.1, -0.05) is 26.9 Å². The molecular weight excluding hydrogens is 480 g/mol. The fourth-order valence-corrected chi connectivity index (χ4v) is 16.1. The highest BCUT2D eigenvalue weighted by molar-refractivity contribution is 8.06. The van der Waals surface area contributed by atoms with Gasteiger partial charge in [-0.25, -0.2) is 16.8 Å². The van der Waals surface area contributed by atoms with Crippen LogP contribution in [0.5, 0.6) is 0 Å². The number of hydrogen-bond acceptors (Lipinski definition) is 5. The van der Waals surface area contributed by atoms with Gasteiger partial charge in [-0.2, -0.15) is 26.3 Å². The average Bonchev–Trinajstić information content (AvgIpc) is 2.51. The number of nitrogens with zero attached hydrogens (tertiary/aromatic N) is 1. The molecule has 0 amide bonds. The third kappa shape index (κ3) is 3.71. The predicted molar refractivity (Wildman–Crippen MR) is 98.4 cm³/mol. The van der Waals surface area contributed by atoms with E-state index < -0.39 is 54.1 Å². The molecule has 3 rings (SSSR count). The first-order chi connectivity index (χ1) is 13.1. The van der Waals surface area contributed by atoms with Crippen molar-refractivity contribution in [1.82, 2.24) is 3.38 Å². The number of alkyl halides is 6. The summed E-state index contributed by atoms with van der Waals surface area (Å²) in [7, 11) is -16.8. The van der Waals surface area contributed by atoms with E-state index in [0.29, 0.717) is 6.42 Å². The SMILES string of the molecule is COC[C@H]1[C@H]2C[C@@H](C[C@@H]1[Si](C)(C)N(S(=O)(=O)C(F)(F)F)S(=O)(=O)C(F)(F)F)C2(C)C. The standard InChI is InChI=1S/C15H25F6NO5S2Si/c1-13(2)9-6-11(13)10(8-27-3)12(7-9)30(4,5)22(28(23,24)14(16,17)18)29(25,26)15(19,20)21/h9-12H,6-8H2,1-5H3/t9-,10-,11+,12-/m0/s1. The number of fused-ring (bicyclic) bond motifs is 2. The fourth-order valence-electron chi connectivity index (χ4n) is 5.25. The molecule has 0 aromatic carbocycles. The summed E-state index contributed by atoms with van der Waals surface area (Å²) in [6, 6.07) is 0. The lowest BCUT2D eigenvalue weighted by molar-refractivity contribution is -0.121. The van der Waals surface area contributed by atoms with Crippen molar-refractivity contribution >= 4 is 28.3 Å². The van der Waals surface area contributed by atoms with Crippen molar-refractivity contribution in [3.63, 3.8) is 0 Å². The first-order valence-corrected chi connectivity index (χ1v) is 15.0. The van der Waals surface area contributed by atoms with Crippen LogP contribution in [0.3, 0.4) is 0 Å². The molecule has 0 spiro atoms. The van der Waals surface area contributed by atoms with E-state index in [2.05, 4.69) is 0 Å². The summed E-state index contributed by atoms with van der Waals surface area (Å²) >= 11 is 0. The quantitative estimate of drug-likeness (QED) is 0.404. The highest BCUT2D eigenvalue weighted by Crippen LogP contribution is 2.67. The molecule has 0 unspecified atom stereocenters. The van der Waals surface area contributed by atoms with Gasteiger partial charge in [0.15, 0.2) is 8.24 Å². The van der Waals surface area contributed by atoms with Gasteiger partial charge >= 0.3 is 31.1 Å². The molecule has 3 saturated carbocycles. The van der Waals surface area contributed by atoms with E-state index in [4.69, 9.17) is 4.74 Å². The summed E-state index contributed by atoms with van der Waals surface area (Å²) in [4.78, 5) is 0. The molecule has 4 atom stereocenters. The summed E-state index contributed by atoms with van der Waals surface area (Å²) in [6.45, 7) is 5.70. The van der Waals surface area contributed by atoms with Gasteiger partial charge in [-0.15, -0.1) is 3.38 Å². The van der Waals surface area contributed by atoms with Crippen molar-refractivity contribution in [2.24, 2.45) is 23.2 Å². The summed E-state index contributed by atoms with van der Waals surface area (Å²) in [5, 5.41) is 0. The van der Waals surface area contributed by atoms with Crippen LogP contribution in [0.25, 0.3) is 0 Å². The van der Waals surface area contributed by atoms with Crippen LogP contribution in [0, 0.1) is 23.2 Å². The minimum absolute atomic E-state index is 0.0200. The lowest BCUT2D eigenvalue weighted by atomic mass is 9.45. The van der Waals surface area contributed by atoms with Crippen LogP contribution in [0.2, 0.25) is 18.6 Å². The van der Waals surface area contributed by atoms with Crippen LogP contribution < -0.4 is 0 Å². The Balaban J connectivity index is 2.69. The smallest absolute Gasteiger partial charge is 0.384 e. The first kappa shape index (κ1) is 25.9. The molecule has 2 bridgehead atoms. The predicted octanol–water partition coefficient (Wildman–Crippen LogP) is 3.89. The Labute approximate surface area is 173 Å². The number of sulfonamides is 2. The van der Waals surface area contributed by atoms with Gasteiger partial charge in [0.2, 0.25) is 0 Å². The van der Waals surface area contributed by atoms with E-state index in [-0.39, 0.29) is 30.3 Å². The molecule has 0 saturated heterocycles.